The zero-order chi connectivity index (χ0) is 31.5. The van der Waals surface area contributed by atoms with E-state index in [2.05, 4.69) is 10.6 Å². The molecule has 2 saturated heterocycles. The van der Waals surface area contributed by atoms with Crippen molar-refractivity contribution >= 4 is 25.3 Å². The normalized spacial score (nSPS) is 30.3. The average molecular weight is 642 g/mol. The summed E-state index contributed by atoms with van der Waals surface area (Å²) in [5, 5.41) is 4.01. The quantitative estimate of drug-likeness (QED) is 0.335. The fourth-order valence-electron chi connectivity index (χ4n) is 7.29. The summed E-state index contributed by atoms with van der Waals surface area (Å²) in [5.41, 5.74) is -1.25. The maximum Gasteiger partial charge on any atom is 0.416 e. The van der Waals surface area contributed by atoms with Crippen molar-refractivity contribution in [2.24, 2.45) is 5.92 Å². The minimum absolute atomic E-state index is 0.169. The van der Waals surface area contributed by atoms with Crippen molar-refractivity contribution in [1.82, 2.24) is 15.5 Å². The van der Waals surface area contributed by atoms with Crippen LogP contribution in [0.3, 0.4) is 0 Å². The van der Waals surface area contributed by atoms with Crippen LogP contribution in [0.4, 0.5) is 18.0 Å². The molecule has 1 aromatic carbocycles. The third kappa shape index (κ3) is 7.27. The molecule has 9 nitrogen and oxygen atoms in total. The Morgan fingerprint density at radius 2 is 1.66 bits per heavy atom. The number of benzene rings is 1. The van der Waals surface area contributed by atoms with Gasteiger partial charge >= 0.3 is 12.3 Å². The Bertz CT molecular complexity index is 1270. The van der Waals surface area contributed by atoms with Crippen LogP contribution in [-0.2, 0) is 31.2 Å². The van der Waals surface area contributed by atoms with Crippen LogP contribution >= 0.6 is 7.37 Å². The molecule has 5 atom stereocenters. The highest BCUT2D eigenvalue weighted by atomic mass is 31.2. The van der Waals surface area contributed by atoms with Crippen molar-refractivity contribution in [3.63, 3.8) is 0 Å². The first kappa shape index (κ1) is 32.8. The number of ether oxygens (including phenoxy) is 1. The van der Waals surface area contributed by atoms with Gasteiger partial charge in [0, 0.05) is 6.54 Å². The molecule has 3 N–H and O–H groups in total. The first-order chi connectivity index (χ1) is 20.9. The molecule has 4 fully saturated rings. The fourth-order valence-corrected chi connectivity index (χ4v) is 9.80. The van der Waals surface area contributed by atoms with E-state index in [-0.39, 0.29) is 24.0 Å². The van der Waals surface area contributed by atoms with Gasteiger partial charge < -0.3 is 25.2 Å². The second-order valence-corrected chi connectivity index (χ2v) is 15.4. The minimum atomic E-state index is -4.69. The predicted molar refractivity (Wildman–Crippen MR) is 157 cm³/mol. The molecule has 2 aliphatic carbocycles. The van der Waals surface area contributed by atoms with Crippen LogP contribution in [0.2, 0.25) is 0 Å². The molecule has 1 aromatic rings. The van der Waals surface area contributed by atoms with Gasteiger partial charge in [-0.05, 0) is 75.3 Å². The van der Waals surface area contributed by atoms with E-state index in [1.165, 1.54) is 23.1 Å². The highest BCUT2D eigenvalue weighted by Crippen LogP contribution is 2.72. The van der Waals surface area contributed by atoms with Crippen molar-refractivity contribution < 1.29 is 41.8 Å². The summed E-state index contributed by atoms with van der Waals surface area (Å²) < 4.78 is 60.7. The van der Waals surface area contributed by atoms with Crippen LogP contribution in [0.25, 0.3) is 0 Å². The van der Waals surface area contributed by atoms with Crippen LogP contribution in [0.15, 0.2) is 24.3 Å². The zero-order valence-electron chi connectivity index (χ0n) is 24.9. The fraction of sp³-hybridized carbons (Fsp3) is 0.710. The number of nitrogens with zero attached hydrogens (tertiary/aromatic N) is 1. The van der Waals surface area contributed by atoms with Gasteiger partial charge in [0.05, 0.1) is 11.7 Å². The Hall–Kier alpha value is -2.59. The lowest BCUT2D eigenvalue weighted by Crippen LogP contribution is -2.55. The Labute approximate surface area is 256 Å². The molecular weight excluding hydrogens is 598 g/mol. The number of halogens is 3. The molecule has 0 spiro atoms. The van der Waals surface area contributed by atoms with Gasteiger partial charge in [-0.3, -0.25) is 14.2 Å². The number of alkyl halides is 3. The highest BCUT2D eigenvalue weighted by molar-refractivity contribution is 7.59. The van der Waals surface area contributed by atoms with Gasteiger partial charge in [0.15, 0.2) is 0 Å². The Kier molecular flexibility index (Phi) is 10.00. The van der Waals surface area contributed by atoms with E-state index in [0.29, 0.717) is 38.6 Å². The summed E-state index contributed by atoms with van der Waals surface area (Å²) in [6, 6.07) is 2.95. The summed E-state index contributed by atoms with van der Waals surface area (Å²) in [7, 11) is -4.40. The third-order valence-corrected chi connectivity index (χ3v) is 12.5. The lowest BCUT2D eigenvalue weighted by Gasteiger charge is -2.32. The number of fused-ring (bicyclic) bond motifs is 2. The molecule has 44 heavy (non-hydrogen) atoms. The van der Waals surface area contributed by atoms with Crippen molar-refractivity contribution in [2.45, 2.75) is 126 Å². The minimum Gasteiger partial charge on any atom is -0.446 e. The molecule has 4 aliphatic rings. The van der Waals surface area contributed by atoms with Gasteiger partial charge in [0.1, 0.15) is 23.5 Å². The van der Waals surface area contributed by atoms with E-state index < -0.39 is 60.5 Å². The smallest absolute Gasteiger partial charge is 0.416 e. The molecule has 13 heteroatoms. The molecule has 0 bridgehead atoms. The Morgan fingerprint density at radius 3 is 2.39 bits per heavy atom. The molecule has 2 heterocycles. The van der Waals surface area contributed by atoms with E-state index in [0.717, 1.165) is 57.4 Å². The molecular formula is C31H43F3N3O6P. The number of hydrogen-bond donors (Lipinski definition) is 3. The van der Waals surface area contributed by atoms with E-state index in [1.807, 2.05) is 0 Å². The number of rotatable bonds is 5. The maximum atomic E-state index is 14.0. The molecule has 2 saturated carbocycles. The SMILES string of the molecule is O=C(N[C@H]1CCCCCCC[C@@H]2C[C@@]2(P(=O)(O)Cc2ccccc2C(F)(F)F)NC(=O)[C@@H]2CCCN2C1=O)OC1CCCC1. The van der Waals surface area contributed by atoms with Crippen molar-refractivity contribution in [2.75, 3.05) is 6.54 Å². The average Bonchev–Trinajstić information content (AvgIpc) is 3.29. The Balaban J connectivity index is 1.36. The third-order valence-electron chi connectivity index (χ3n) is 9.79. The van der Waals surface area contributed by atoms with E-state index in [1.54, 1.807) is 0 Å². The molecule has 244 valence electrons. The number of nitrogens with one attached hydrogen (secondary N) is 2. The van der Waals surface area contributed by atoms with E-state index >= 15 is 0 Å². The monoisotopic (exact) mass is 641 g/mol. The number of carbonyl (C=O) groups is 3. The van der Waals surface area contributed by atoms with Crippen molar-refractivity contribution in [3.05, 3.63) is 35.4 Å². The predicted octanol–water partition coefficient (Wildman–Crippen LogP) is 6.08. The highest BCUT2D eigenvalue weighted by Gasteiger charge is 2.66. The number of carbonyl (C=O) groups excluding carboxylic acids is 3. The summed E-state index contributed by atoms with van der Waals surface area (Å²) in [5.74, 6) is -1.33. The molecule has 2 aliphatic heterocycles. The van der Waals surface area contributed by atoms with E-state index in [4.69, 9.17) is 4.74 Å². The van der Waals surface area contributed by atoms with Crippen LogP contribution in [0.1, 0.15) is 101 Å². The van der Waals surface area contributed by atoms with E-state index in [9.17, 15) is 37.0 Å². The first-order valence-corrected chi connectivity index (χ1v) is 17.8. The maximum absolute atomic E-state index is 14.0. The molecule has 0 radical (unpaired) electrons. The van der Waals surface area contributed by atoms with Gasteiger partial charge in [-0.1, -0.05) is 50.3 Å². The largest absolute Gasteiger partial charge is 0.446 e. The molecule has 5 rings (SSSR count). The van der Waals surface area contributed by atoms with Gasteiger partial charge in [-0.15, -0.1) is 0 Å². The Morgan fingerprint density at radius 1 is 1.00 bits per heavy atom. The second kappa shape index (κ2) is 13.4. The van der Waals surface area contributed by atoms with Gasteiger partial charge in [0.2, 0.25) is 19.2 Å². The summed E-state index contributed by atoms with van der Waals surface area (Å²) in [6.45, 7) is 0.291. The van der Waals surface area contributed by atoms with Gasteiger partial charge in [-0.2, -0.15) is 13.2 Å². The van der Waals surface area contributed by atoms with Crippen LogP contribution in [0.5, 0.6) is 0 Å². The lowest BCUT2D eigenvalue weighted by molar-refractivity contribution is -0.140. The van der Waals surface area contributed by atoms with Gasteiger partial charge in [-0.25, -0.2) is 4.79 Å². The molecule has 3 amide bonds. The standard InChI is InChI=1S/C31H43F3N3O6P/c32-31(33,34)24-15-9-6-11-21(24)20-44(41,42)30-19-22(30)12-4-2-1-3-5-16-25(35-29(40)43-23-13-7-8-14-23)28(39)37-18-10-17-26(37)27(38)36-30/h6,9,11,15,22-23,25-26H,1-5,7-8,10,12-14,16-20H2,(H,35,40)(H,36,38)(H,41,42)/t22-,25+,26+,30+/m1/s1. The van der Waals surface area contributed by atoms with Crippen LogP contribution in [-0.4, -0.2) is 57.7 Å². The number of hydrogen-bond acceptors (Lipinski definition) is 5. The summed E-state index contributed by atoms with van der Waals surface area (Å²) in [4.78, 5) is 53.1. The molecule has 1 unspecified atom stereocenters. The first-order valence-electron chi connectivity index (χ1n) is 16.0. The second-order valence-electron chi connectivity index (χ2n) is 12.9. The van der Waals surface area contributed by atoms with Gasteiger partial charge in [0.25, 0.3) is 0 Å². The number of amides is 3. The number of alkyl carbamates (subject to hydrolysis) is 1. The van der Waals surface area contributed by atoms with Crippen molar-refractivity contribution in [1.29, 1.82) is 0 Å². The molecule has 0 aromatic heterocycles. The van der Waals surface area contributed by atoms with Crippen LogP contribution in [0, 0.1) is 5.92 Å². The topological polar surface area (TPSA) is 125 Å². The summed E-state index contributed by atoms with van der Waals surface area (Å²) in [6.07, 6.45) is 3.33. The van der Waals surface area contributed by atoms with Crippen LogP contribution < -0.4 is 10.6 Å². The lowest BCUT2D eigenvalue weighted by atomic mass is 10.0. The van der Waals surface area contributed by atoms with Crippen molar-refractivity contribution in [3.8, 4) is 0 Å². The summed E-state index contributed by atoms with van der Waals surface area (Å²) >= 11 is 0. The zero-order valence-corrected chi connectivity index (χ0v) is 25.8.